The highest BCUT2D eigenvalue weighted by Crippen LogP contribution is 2.25. The molecule has 80 valence electrons. The first-order valence-corrected chi connectivity index (χ1v) is 6.01. The van der Waals surface area contributed by atoms with Gasteiger partial charge in [0.15, 0.2) is 0 Å². The summed E-state index contributed by atoms with van der Waals surface area (Å²) in [4.78, 5) is 8.50. The van der Waals surface area contributed by atoms with E-state index in [1.165, 1.54) is 0 Å². The third-order valence-electron chi connectivity index (χ3n) is 2.61. The lowest BCUT2D eigenvalue weighted by molar-refractivity contribution is 0.559. The van der Waals surface area contributed by atoms with E-state index in [1.807, 2.05) is 11.4 Å². The van der Waals surface area contributed by atoms with Crippen molar-refractivity contribution >= 4 is 27.4 Å². The second kappa shape index (κ2) is 4.14. The van der Waals surface area contributed by atoms with Gasteiger partial charge in [0.1, 0.15) is 12.1 Å². The van der Waals surface area contributed by atoms with Crippen LogP contribution in [-0.4, -0.2) is 16.0 Å². The van der Waals surface area contributed by atoms with Crippen molar-refractivity contribution in [2.45, 2.75) is 26.8 Å². The van der Waals surface area contributed by atoms with Gasteiger partial charge in [-0.25, -0.2) is 9.97 Å². The average molecular weight is 221 g/mol. The summed E-state index contributed by atoms with van der Waals surface area (Å²) < 4.78 is 1.14. The van der Waals surface area contributed by atoms with Gasteiger partial charge in [0, 0.05) is 6.04 Å². The van der Waals surface area contributed by atoms with Gasteiger partial charge in [-0.3, -0.25) is 0 Å². The summed E-state index contributed by atoms with van der Waals surface area (Å²) in [6, 6.07) is 2.44. The summed E-state index contributed by atoms with van der Waals surface area (Å²) in [6.07, 6.45) is 1.62. The lowest BCUT2D eigenvalue weighted by Crippen LogP contribution is -2.22. The third-order valence-corrected chi connectivity index (χ3v) is 3.52. The first-order valence-electron chi connectivity index (χ1n) is 5.13. The first kappa shape index (κ1) is 10.4. The Morgan fingerprint density at radius 2 is 2.07 bits per heavy atom. The van der Waals surface area contributed by atoms with Gasteiger partial charge in [-0.1, -0.05) is 13.8 Å². The van der Waals surface area contributed by atoms with Gasteiger partial charge < -0.3 is 5.32 Å². The summed E-state index contributed by atoms with van der Waals surface area (Å²) in [5.74, 6) is 1.55. The first-order chi connectivity index (χ1) is 7.18. The molecule has 0 saturated carbocycles. The zero-order valence-electron chi connectivity index (χ0n) is 9.19. The molecule has 0 radical (unpaired) electrons. The normalized spacial score (nSPS) is 13.3. The molecular formula is C11H15N3S. The SMILES string of the molecule is CC(C)[C@H](C)Nc1ncnc2ccsc12. The number of nitrogens with one attached hydrogen (secondary N) is 1. The number of hydrogen-bond donors (Lipinski definition) is 1. The summed E-state index contributed by atoms with van der Waals surface area (Å²) in [5.41, 5.74) is 1.02. The molecule has 0 saturated heterocycles. The van der Waals surface area contributed by atoms with Gasteiger partial charge in [0.2, 0.25) is 0 Å². The van der Waals surface area contributed by atoms with Crippen molar-refractivity contribution < 1.29 is 0 Å². The molecule has 1 atom stereocenters. The molecule has 2 aromatic rings. The number of aromatic nitrogens is 2. The van der Waals surface area contributed by atoms with E-state index in [0.29, 0.717) is 12.0 Å². The highest BCUT2D eigenvalue weighted by atomic mass is 32.1. The summed E-state index contributed by atoms with van der Waals surface area (Å²) in [5, 5.41) is 5.48. The van der Waals surface area contributed by atoms with Gasteiger partial charge in [-0.15, -0.1) is 11.3 Å². The number of thiophene rings is 1. The topological polar surface area (TPSA) is 37.8 Å². The maximum absolute atomic E-state index is 4.29. The predicted molar refractivity (Wildman–Crippen MR) is 65.3 cm³/mol. The Bertz CT molecular complexity index is 450. The lowest BCUT2D eigenvalue weighted by Gasteiger charge is -2.18. The molecule has 0 fully saturated rings. The molecule has 4 heteroatoms. The maximum Gasteiger partial charge on any atom is 0.147 e. The fraction of sp³-hybridized carbons (Fsp3) is 0.455. The van der Waals surface area contributed by atoms with Crippen LogP contribution in [0, 0.1) is 5.92 Å². The lowest BCUT2D eigenvalue weighted by atomic mass is 10.1. The molecule has 0 aliphatic heterocycles. The van der Waals surface area contributed by atoms with Crippen LogP contribution in [-0.2, 0) is 0 Å². The number of anilines is 1. The number of rotatable bonds is 3. The van der Waals surface area contributed by atoms with E-state index in [2.05, 4.69) is 36.1 Å². The molecular weight excluding hydrogens is 206 g/mol. The number of hydrogen-bond acceptors (Lipinski definition) is 4. The molecule has 0 aliphatic carbocycles. The standard InChI is InChI=1S/C11H15N3S/c1-7(2)8(3)14-11-10-9(4-5-15-10)12-6-13-11/h4-8H,1-3H3,(H,12,13,14)/t8-/m0/s1. The molecule has 0 aliphatic rings. The zero-order valence-corrected chi connectivity index (χ0v) is 10.0. The molecule has 2 aromatic heterocycles. The van der Waals surface area contributed by atoms with Crippen LogP contribution in [0.25, 0.3) is 10.2 Å². The number of fused-ring (bicyclic) bond motifs is 1. The Balaban J connectivity index is 2.31. The zero-order chi connectivity index (χ0) is 10.8. The quantitative estimate of drug-likeness (QED) is 0.865. The molecule has 3 nitrogen and oxygen atoms in total. The largest absolute Gasteiger partial charge is 0.366 e. The van der Waals surface area contributed by atoms with Crippen LogP contribution in [0.4, 0.5) is 5.82 Å². The van der Waals surface area contributed by atoms with Crippen LogP contribution in [0.1, 0.15) is 20.8 Å². The van der Waals surface area contributed by atoms with Crippen molar-refractivity contribution in [3.05, 3.63) is 17.8 Å². The fourth-order valence-electron chi connectivity index (χ4n) is 1.27. The van der Waals surface area contributed by atoms with Crippen molar-refractivity contribution in [1.82, 2.24) is 9.97 Å². The van der Waals surface area contributed by atoms with E-state index in [9.17, 15) is 0 Å². The van der Waals surface area contributed by atoms with Gasteiger partial charge >= 0.3 is 0 Å². The Hall–Kier alpha value is -1.16. The van der Waals surface area contributed by atoms with Gasteiger partial charge in [0.05, 0.1) is 10.2 Å². The molecule has 0 unspecified atom stereocenters. The molecule has 1 N–H and O–H groups in total. The highest BCUT2D eigenvalue weighted by molar-refractivity contribution is 7.17. The Labute approximate surface area is 93.6 Å². The van der Waals surface area contributed by atoms with Gasteiger partial charge in [-0.2, -0.15) is 0 Å². The van der Waals surface area contributed by atoms with Gasteiger partial charge in [0.25, 0.3) is 0 Å². The number of nitrogens with zero attached hydrogens (tertiary/aromatic N) is 2. The summed E-state index contributed by atoms with van der Waals surface area (Å²) in [6.45, 7) is 6.57. The van der Waals surface area contributed by atoms with E-state index in [-0.39, 0.29) is 0 Å². The minimum Gasteiger partial charge on any atom is -0.366 e. The van der Waals surface area contributed by atoms with Crippen molar-refractivity contribution in [3.63, 3.8) is 0 Å². The summed E-state index contributed by atoms with van der Waals surface area (Å²) >= 11 is 1.68. The second-order valence-electron chi connectivity index (χ2n) is 4.03. The van der Waals surface area contributed by atoms with Crippen molar-refractivity contribution in [1.29, 1.82) is 0 Å². The Kier molecular flexibility index (Phi) is 2.86. The van der Waals surface area contributed by atoms with E-state index in [0.717, 1.165) is 16.0 Å². The molecule has 2 rings (SSSR count). The Morgan fingerprint density at radius 3 is 2.80 bits per heavy atom. The van der Waals surface area contributed by atoms with Crippen LogP contribution in [0.15, 0.2) is 17.8 Å². The molecule has 0 aromatic carbocycles. The third kappa shape index (κ3) is 2.09. The summed E-state index contributed by atoms with van der Waals surface area (Å²) in [7, 11) is 0. The van der Waals surface area contributed by atoms with Crippen LogP contribution in [0.3, 0.4) is 0 Å². The predicted octanol–water partition coefficient (Wildman–Crippen LogP) is 3.15. The van der Waals surface area contributed by atoms with E-state index < -0.39 is 0 Å². The monoisotopic (exact) mass is 221 g/mol. The maximum atomic E-state index is 4.29. The van der Waals surface area contributed by atoms with E-state index in [1.54, 1.807) is 17.7 Å². The average Bonchev–Trinajstić information content (AvgIpc) is 2.66. The molecule has 2 heterocycles. The Morgan fingerprint density at radius 1 is 1.27 bits per heavy atom. The van der Waals surface area contributed by atoms with Crippen LogP contribution in [0.5, 0.6) is 0 Å². The minimum atomic E-state index is 0.421. The molecule has 15 heavy (non-hydrogen) atoms. The molecule has 0 spiro atoms. The van der Waals surface area contributed by atoms with Gasteiger partial charge in [-0.05, 0) is 24.3 Å². The smallest absolute Gasteiger partial charge is 0.147 e. The fourth-order valence-corrected chi connectivity index (χ4v) is 2.07. The van der Waals surface area contributed by atoms with Crippen LogP contribution in [0.2, 0.25) is 0 Å². The van der Waals surface area contributed by atoms with Crippen LogP contribution >= 0.6 is 11.3 Å². The van der Waals surface area contributed by atoms with Crippen LogP contribution < -0.4 is 5.32 Å². The van der Waals surface area contributed by atoms with Crippen molar-refractivity contribution in [3.8, 4) is 0 Å². The highest BCUT2D eigenvalue weighted by Gasteiger charge is 2.10. The van der Waals surface area contributed by atoms with E-state index >= 15 is 0 Å². The van der Waals surface area contributed by atoms with E-state index in [4.69, 9.17) is 0 Å². The molecule has 0 amide bonds. The van der Waals surface area contributed by atoms with Crippen molar-refractivity contribution in [2.24, 2.45) is 5.92 Å². The minimum absolute atomic E-state index is 0.421. The second-order valence-corrected chi connectivity index (χ2v) is 4.95. The van der Waals surface area contributed by atoms with Crippen molar-refractivity contribution in [2.75, 3.05) is 5.32 Å². The molecule has 0 bridgehead atoms.